The highest BCUT2D eigenvalue weighted by Gasteiger charge is 2.34. The van der Waals surface area contributed by atoms with Gasteiger partial charge in [0.15, 0.2) is 5.78 Å². The molecule has 0 heterocycles. The van der Waals surface area contributed by atoms with Crippen LogP contribution in [-0.4, -0.2) is 26.1 Å². The number of methoxy groups -OCH3 is 2. The molecule has 1 aromatic rings. The molecule has 0 aliphatic heterocycles. The number of hydrogen-bond acceptors (Lipinski definition) is 3. The summed E-state index contributed by atoms with van der Waals surface area (Å²) in [5.74, 6) is 0.596. The summed E-state index contributed by atoms with van der Waals surface area (Å²) in [6, 6.07) is 3.88. The molecule has 0 saturated heterocycles. The van der Waals surface area contributed by atoms with E-state index in [4.69, 9.17) is 9.47 Å². The second-order valence-electron chi connectivity index (χ2n) is 6.01. The molecule has 0 radical (unpaired) electrons. The van der Waals surface area contributed by atoms with Crippen molar-refractivity contribution >= 4 is 5.78 Å². The summed E-state index contributed by atoms with van der Waals surface area (Å²) in [6.45, 7) is 9.90. The Morgan fingerprint density at radius 1 is 1.16 bits per heavy atom. The number of carbonyl (C=O) groups is 1. The fourth-order valence-corrected chi connectivity index (χ4v) is 2.39. The van der Waals surface area contributed by atoms with E-state index >= 15 is 0 Å². The van der Waals surface area contributed by atoms with Crippen LogP contribution in [0.25, 0.3) is 0 Å². The molecule has 0 bridgehead atoms. The lowest BCUT2D eigenvalue weighted by molar-refractivity contribution is 0.0193. The predicted molar refractivity (Wildman–Crippen MR) is 77.1 cm³/mol. The van der Waals surface area contributed by atoms with Gasteiger partial charge in [-0.1, -0.05) is 26.8 Å². The van der Waals surface area contributed by atoms with Crippen molar-refractivity contribution in [3.63, 3.8) is 0 Å². The van der Waals surface area contributed by atoms with E-state index in [1.54, 1.807) is 14.2 Å². The SMILES string of the molecule is COc1cc(C)cc(C)c1C(=O)C(OC)C(C)(C)C. The maximum absolute atomic E-state index is 12.7. The van der Waals surface area contributed by atoms with Crippen molar-refractivity contribution in [1.29, 1.82) is 0 Å². The average Bonchev–Trinajstić information content (AvgIpc) is 2.26. The first-order chi connectivity index (χ1) is 8.72. The van der Waals surface area contributed by atoms with E-state index in [1.807, 2.05) is 46.8 Å². The normalized spacial score (nSPS) is 13.2. The Labute approximate surface area is 115 Å². The van der Waals surface area contributed by atoms with Crippen molar-refractivity contribution < 1.29 is 14.3 Å². The number of ether oxygens (including phenoxy) is 2. The third-order valence-electron chi connectivity index (χ3n) is 3.17. The molecule has 106 valence electrons. The Kier molecular flexibility index (Phi) is 4.75. The van der Waals surface area contributed by atoms with Crippen LogP contribution in [0, 0.1) is 19.3 Å². The number of hydrogen-bond donors (Lipinski definition) is 0. The lowest BCUT2D eigenvalue weighted by atomic mass is 9.83. The number of Topliss-reactive ketones (excluding diaryl/α,β-unsaturated/α-hetero) is 1. The van der Waals surface area contributed by atoms with Crippen LogP contribution in [0.15, 0.2) is 12.1 Å². The predicted octanol–water partition coefficient (Wildman–Crippen LogP) is 3.56. The molecule has 0 aliphatic rings. The van der Waals surface area contributed by atoms with E-state index in [9.17, 15) is 4.79 Å². The van der Waals surface area contributed by atoms with Crippen molar-refractivity contribution in [2.24, 2.45) is 5.41 Å². The molecule has 1 unspecified atom stereocenters. The highest BCUT2D eigenvalue weighted by molar-refractivity contribution is 6.03. The molecule has 19 heavy (non-hydrogen) atoms. The molecule has 1 aromatic carbocycles. The van der Waals surface area contributed by atoms with Gasteiger partial charge in [0.25, 0.3) is 0 Å². The molecule has 0 amide bonds. The van der Waals surface area contributed by atoms with Gasteiger partial charge in [0.05, 0.1) is 12.7 Å². The second-order valence-corrected chi connectivity index (χ2v) is 6.01. The molecule has 0 N–H and O–H groups in total. The molecule has 3 nitrogen and oxygen atoms in total. The first-order valence-corrected chi connectivity index (χ1v) is 6.44. The van der Waals surface area contributed by atoms with Gasteiger partial charge in [-0.25, -0.2) is 0 Å². The summed E-state index contributed by atoms with van der Waals surface area (Å²) in [5.41, 5.74) is 2.37. The van der Waals surface area contributed by atoms with Gasteiger partial charge >= 0.3 is 0 Å². The first kappa shape index (κ1) is 15.7. The second kappa shape index (κ2) is 5.74. The molecule has 1 atom stereocenters. The van der Waals surface area contributed by atoms with Crippen molar-refractivity contribution in [3.05, 3.63) is 28.8 Å². The molecule has 1 rings (SSSR count). The lowest BCUT2D eigenvalue weighted by Gasteiger charge is -2.29. The monoisotopic (exact) mass is 264 g/mol. The third kappa shape index (κ3) is 3.35. The number of benzene rings is 1. The van der Waals surface area contributed by atoms with Crippen LogP contribution in [0.3, 0.4) is 0 Å². The van der Waals surface area contributed by atoms with Gasteiger partial charge in [-0.2, -0.15) is 0 Å². The zero-order valence-corrected chi connectivity index (χ0v) is 13.0. The van der Waals surface area contributed by atoms with Gasteiger partial charge in [-0.05, 0) is 36.5 Å². The van der Waals surface area contributed by atoms with E-state index in [-0.39, 0.29) is 11.2 Å². The Hall–Kier alpha value is -1.35. The maximum Gasteiger partial charge on any atom is 0.196 e. The zero-order valence-electron chi connectivity index (χ0n) is 13.0. The Morgan fingerprint density at radius 3 is 2.16 bits per heavy atom. The minimum absolute atomic E-state index is 0.0237. The lowest BCUT2D eigenvalue weighted by Crippen LogP contribution is -2.36. The van der Waals surface area contributed by atoms with Gasteiger partial charge in [0.1, 0.15) is 11.9 Å². The molecule has 0 aromatic heterocycles. The first-order valence-electron chi connectivity index (χ1n) is 6.44. The van der Waals surface area contributed by atoms with E-state index < -0.39 is 6.10 Å². The molecule has 0 saturated carbocycles. The molecular formula is C16H24O3. The largest absolute Gasteiger partial charge is 0.496 e. The molecular weight excluding hydrogens is 240 g/mol. The van der Waals surface area contributed by atoms with Crippen LogP contribution in [0.2, 0.25) is 0 Å². The smallest absolute Gasteiger partial charge is 0.196 e. The summed E-state index contributed by atoms with van der Waals surface area (Å²) in [5, 5.41) is 0. The van der Waals surface area contributed by atoms with E-state index in [0.717, 1.165) is 11.1 Å². The quantitative estimate of drug-likeness (QED) is 0.780. The summed E-state index contributed by atoms with van der Waals surface area (Å²) in [7, 11) is 3.16. The fourth-order valence-electron chi connectivity index (χ4n) is 2.39. The highest BCUT2D eigenvalue weighted by atomic mass is 16.5. The number of aryl methyl sites for hydroxylation is 2. The van der Waals surface area contributed by atoms with Crippen LogP contribution in [0.5, 0.6) is 5.75 Å². The van der Waals surface area contributed by atoms with E-state index in [1.165, 1.54) is 0 Å². The minimum atomic E-state index is -0.484. The topological polar surface area (TPSA) is 35.5 Å². The van der Waals surface area contributed by atoms with Gasteiger partial charge in [0.2, 0.25) is 0 Å². The van der Waals surface area contributed by atoms with Crippen molar-refractivity contribution in [1.82, 2.24) is 0 Å². The summed E-state index contributed by atoms with van der Waals surface area (Å²) in [4.78, 5) is 12.7. The van der Waals surface area contributed by atoms with Crippen molar-refractivity contribution in [2.45, 2.75) is 40.7 Å². The maximum atomic E-state index is 12.7. The van der Waals surface area contributed by atoms with Crippen molar-refractivity contribution in [3.8, 4) is 5.75 Å². The van der Waals surface area contributed by atoms with Crippen LogP contribution in [-0.2, 0) is 4.74 Å². The molecule has 0 spiro atoms. The molecule has 0 fully saturated rings. The van der Waals surface area contributed by atoms with Gasteiger partial charge < -0.3 is 9.47 Å². The van der Waals surface area contributed by atoms with E-state index in [0.29, 0.717) is 11.3 Å². The number of rotatable bonds is 4. The highest BCUT2D eigenvalue weighted by Crippen LogP contribution is 2.31. The zero-order chi connectivity index (χ0) is 14.8. The standard InChI is InChI=1S/C16H24O3/c1-10-8-11(2)13(12(9-10)18-6)14(17)15(19-7)16(3,4)5/h8-9,15H,1-7H3. The summed E-state index contributed by atoms with van der Waals surface area (Å²) >= 11 is 0. The number of ketones is 1. The summed E-state index contributed by atoms with van der Waals surface area (Å²) < 4.78 is 10.8. The Morgan fingerprint density at radius 2 is 1.74 bits per heavy atom. The van der Waals surface area contributed by atoms with Gasteiger partial charge in [0, 0.05) is 7.11 Å². The van der Waals surface area contributed by atoms with Crippen LogP contribution in [0.1, 0.15) is 42.3 Å². The fraction of sp³-hybridized carbons (Fsp3) is 0.562. The van der Waals surface area contributed by atoms with Gasteiger partial charge in [-0.15, -0.1) is 0 Å². The van der Waals surface area contributed by atoms with E-state index in [2.05, 4.69) is 0 Å². The molecule has 0 aliphatic carbocycles. The van der Waals surface area contributed by atoms with Crippen molar-refractivity contribution in [2.75, 3.05) is 14.2 Å². The summed E-state index contributed by atoms with van der Waals surface area (Å²) in [6.07, 6.45) is -0.484. The minimum Gasteiger partial charge on any atom is -0.496 e. The third-order valence-corrected chi connectivity index (χ3v) is 3.17. The van der Waals surface area contributed by atoms with Gasteiger partial charge in [-0.3, -0.25) is 4.79 Å². The Balaban J connectivity index is 3.33. The van der Waals surface area contributed by atoms with Crippen LogP contribution < -0.4 is 4.74 Å². The average molecular weight is 264 g/mol. The molecule has 3 heteroatoms. The van der Waals surface area contributed by atoms with Crippen LogP contribution >= 0.6 is 0 Å². The number of carbonyl (C=O) groups excluding carboxylic acids is 1. The Bertz CT molecular complexity index is 470. The van der Waals surface area contributed by atoms with Crippen LogP contribution in [0.4, 0.5) is 0 Å².